The number of nitrogens with two attached hydrogens (primary N) is 1. The predicted octanol–water partition coefficient (Wildman–Crippen LogP) is 7.71. The minimum absolute atomic E-state index is 0.0663. The Morgan fingerprint density at radius 2 is 1.34 bits per heavy atom. The average Bonchev–Trinajstić information content (AvgIpc) is 4.11. The van der Waals surface area contributed by atoms with Gasteiger partial charge >= 0.3 is 6.09 Å². The third kappa shape index (κ3) is 7.56. The number of carbonyl (C=O) groups is 3. The van der Waals surface area contributed by atoms with Crippen molar-refractivity contribution < 1.29 is 19.1 Å². The van der Waals surface area contributed by atoms with Gasteiger partial charge in [-0.1, -0.05) is 62.8 Å². The van der Waals surface area contributed by atoms with Gasteiger partial charge in [-0.3, -0.25) is 9.59 Å². The van der Waals surface area contributed by atoms with Crippen LogP contribution in [0.2, 0.25) is 0 Å². The van der Waals surface area contributed by atoms with Gasteiger partial charge in [0.25, 0.3) is 0 Å². The maximum atomic E-state index is 14.1. The van der Waals surface area contributed by atoms with Crippen LogP contribution in [0.25, 0.3) is 44.3 Å². The molecule has 2 aliphatic heterocycles. The van der Waals surface area contributed by atoms with E-state index in [4.69, 9.17) is 25.4 Å². The van der Waals surface area contributed by atoms with Crippen LogP contribution in [0.1, 0.15) is 114 Å². The molecule has 3 amide bonds. The van der Waals surface area contributed by atoms with Gasteiger partial charge in [-0.25, -0.2) is 19.7 Å². The number of carbonyl (C=O) groups excluding carboxylic acids is 3. The van der Waals surface area contributed by atoms with Crippen LogP contribution in [0.3, 0.4) is 0 Å². The monoisotopic (exact) mass is 785 g/mol. The van der Waals surface area contributed by atoms with Crippen molar-refractivity contribution in [1.82, 2.24) is 40.0 Å². The van der Waals surface area contributed by atoms with Gasteiger partial charge in [0.15, 0.2) is 5.65 Å². The summed E-state index contributed by atoms with van der Waals surface area (Å²) in [6.07, 6.45) is 17.4. The molecule has 13 heteroatoms. The van der Waals surface area contributed by atoms with Crippen LogP contribution >= 0.6 is 0 Å². The number of nitrogens with zero attached hydrogens (tertiary/aromatic N) is 5. The van der Waals surface area contributed by atoms with E-state index in [9.17, 15) is 14.4 Å². The van der Waals surface area contributed by atoms with Crippen LogP contribution in [-0.2, 0) is 14.3 Å². The van der Waals surface area contributed by atoms with Crippen molar-refractivity contribution >= 4 is 39.8 Å². The van der Waals surface area contributed by atoms with Crippen LogP contribution in [-0.4, -0.2) is 84.9 Å². The number of hydrogen-bond acceptors (Lipinski definition) is 8. The number of rotatable bonds is 9. The quantitative estimate of drug-likeness (QED) is 0.118. The zero-order valence-corrected chi connectivity index (χ0v) is 33.4. The van der Waals surface area contributed by atoms with Gasteiger partial charge < -0.3 is 35.6 Å². The van der Waals surface area contributed by atoms with Gasteiger partial charge in [-0.05, 0) is 97.7 Å². The molecule has 0 bridgehead atoms. The van der Waals surface area contributed by atoms with E-state index in [0.29, 0.717) is 18.0 Å². The molecule has 5 aromatic rings. The second kappa shape index (κ2) is 16.5. The van der Waals surface area contributed by atoms with Crippen molar-refractivity contribution in [3.63, 3.8) is 0 Å². The van der Waals surface area contributed by atoms with E-state index in [0.717, 1.165) is 135 Å². The number of fused-ring (bicyclic) bond motifs is 2. The highest BCUT2D eigenvalue weighted by atomic mass is 16.5. The van der Waals surface area contributed by atoms with Gasteiger partial charge in [0.1, 0.15) is 17.7 Å². The van der Waals surface area contributed by atoms with E-state index in [1.54, 1.807) is 0 Å². The number of aromatic amines is 2. The zero-order valence-electron chi connectivity index (χ0n) is 33.4. The molecule has 4 aliphatic rings. The van der Waals surface area contributed by atoms with E-state index in [1.807, 2.05) is 22.2 Å². The summed E-state index contributed by atoms with van der Waals surface area (Å²) >= 11 is 0. The number of methoxy groups -OCH3 is 1. The second-order valence-electron chi connectivity index (χ2n) is 17.0. The van der Waals surface area contributed by atoms with Crippen molar-refractivity contribution in [1.29, 1.82) is 0 Å². The number of alkyl carbamates (subject to hydrolysis) is 1. The largest absolute Gasteiger partial charge is 0.453 e. The Bertz CT molecular complexity index is 2290. The topological polar surface area (TPSA) is 175 Å². The summed E-state index contributed by atoms with van der Waals surface area (Å²) < 4.78 is 4.91. The molecule has 3 aromatic heterocycles. The highest BCUT2D eigenvalue weighted by Gasteiger charge is 2.40. The molecular weight excluding hydrogens is 731 g/mol. The van der Waals surface area contributed by atoms with Crippen LogP contribution in [0.5, 0.6) is 0 Å². The number of ether oxygens (including phenoxy) is 1. The number of hydrogen-bond donors (Lipinski definition) is 4. The Morgan fingerprint density at radius 3 is 2.05 bits per heavy atom. The van der Waals surface area contributed by atoms with E-state index >= 15 is 0 Å². The fourth-order valence-corrected chi connectivity index (χ4v) is 10.2. The fourth-order valence-electron chi connectivity index (χ4n) is 10.2. The summed E-state index contributed by atoms with van der Waals surface area (Å²) in [6, 6.07) is 13.5. The molecule has 304 valence electrons. The number of pyridine rings is 1. The van der Waals surface area contributed by atoms with Gasteiger partial charge in [0.2, 0.25) is 11.8 Å². The molecule has 5 heterocycles. The molecule has 0 radical (unpaired) electrons. The van der Waals surface area contributed by atoms with E-state index in [1.165, 1.54) is 13.5 Å². The third-order valence-electron chi connectivity index (χ3n) is 13.4. The first-order chi connectivity index (χ1) is 28.3. The molecule has 58 heavy (non-hydrogen) atoms. The summed E-state index contributed by atoms with van der Waals surface area (Å²) in [6.45, 7) is 1.34. The van der Waals surface area contributed by atoms with Gasteiger partial charge in [-0.15, -0.1) is 0 Å². The highest BCUT2D eigenvalue weighted by molar-refractivity contribution is 5.91. The molecule has 2 saturated carbocycles. The Hall–Kier alpha value is -5.30. The Balaban J connectivity index is 0.901. The standard InChI is InChI=1S/C45H55N9O4/c1-58-45(57)51-39(28-12-6-3-7-13-28)44(56)54-21-9-15-37(54)42-49-34-24-33(25-47-40(34)52-42)31-17-16-30-23-32(19-18-29(30)22-31)35-26-48-41(50-35)36-14-8-20-53(36)43(55)38(46)27-10-4-2-5-11-27/h16-19,22-28,36-39H,2-15,20-21,46H2,1H3,(H,48,50)(H,51,57)(H,47,49,52)/t36-,37-,38-,39-/m0/s1. The summed E-state index contributed by atoms with van der Waals surface area (Å²) in [4.78, 5) is 65.2. The number of likely N-dealkylation sites (tertiary alicyclic amines) is 2. The van der Waals surface area contributed by atoms with Crippen LogP contribution < -0.4 is 11.1 Å². The summed E-state index contributed by atoms with van der Waals surface area (Å²) in [5.41, 5.74) is 11.9. The highest BCUT2D eigenvalue weighted by Crippen LogP contribution is 2.37. The first kappa shape index (κ1) is 38.2. The number of aromatic nitrogens is 5. The minimum Gasteiger partial charge on any atom is -0.453 e. The molecular formula is C45H55N9O4. The van der Waals surface area contributed by atoms with Crippen LogP contribution in [0, 0.1) is 11.8 Å². The number of nitrogens with one attached hydrogen (secondary N) is 3. The lowest BCUT2D eigenvalue weighted by Crippen LogP contribution is -2.52. The van der Waals surface area contributed by atoms with Gasteiger partial charge in [-0.2, -0.15) is 0 Å². The predicted molar refractivity (Wildman–Crippen MR) is 222 cm³/mol. The summed E-state index contributed by atoms with van der Waals surface area (Å²) in [5, 5.41) is 5.08. The smallest absolute Gasteiger partial charge is 0.407 e. The lowest BCUT2D eigenvalue weighted by Gasteiger charge is -2.34. The van der Waals surface area contributed by atoms with Crippen LogP contribution in [0.15, 0.2) is 54.9 Å². The van der Waals surface area contributed by atoms with Crippen molar-refractivity contribution in [2.24, 2.45) is 17.6 Å². The first-order valence-corrected chi connectivity index (χ1v) is 21.5. The minimum atomic E-state index is -0.612. The SMILES string of the molecule is COC(=O)N[C@H](C(=O)N1CCC[C@H]1c1nc2ncc(-c3ccc4cc(-c5cnc([C@@H]6CCCN6C(=O)[C@@H](N)C6CCCCC6)[nH]5)ccc4c3)cc2[nH]1)C1CCCCC1. The fraction of sp³-hybridized carbons (Fsp3) is 0.511. The van der Waals surface area contributed by atoms with Crippen molar-refractivity contribution in [3.8, 4) is 22.4 Å². The Morgan fingerprint density at radius 1 is 0.707 bits per heavy atom. The second-order valence-corrected chi connectivity index (χ2v) is 17.0. The molecule has 5 N–H and O–H groups in total. The normalized spacial score (nSPS) is 21.8. The molecule has 2 aliphatic carbocycles. The number of amides is 3. The average molecular weight is 786 g/mol. The molecule has 2 saturated heterocycles. The lowest BCUT2D eigenvalue weighted by atomic mass is 9.83. The van der Waals surface area contributed by atoms with Gasteiger partial charge in [0, 0.05) is 30.4 Å². The van der Waals surface area contributed by atoms with E-state index in [2.05, 4.69) is 57.7 Å². The maximum absolute atomic E-state index is 14.1. The molecule has 2 aromatic carbocycles. The maximum Gasteiger partial charge on any atom is 0.407 e. The molecule has 0 unspecified atom stereocenters. The third-order valence-corrected chi connectivity index (χ3v) is 13.4. The number of benzene rings is 2. The molecule has 0 spiro atoms. The number of H-pyrrole nitrogens is 2. The lowest BCUT2D eigenvalue weighted by molar-refractivity contribution is -0.136. The first-order valence-electron chi connectivity index (χ1n) is 21.5. The molecule has 13 nitrogen and oxygen atoms in total. The summed E-state index contributed by atoms with van der Waals surface area (Å²) in [7, 11) is 1.34. The Kier molecular flexibility index (Phi) is 10.9. The van der Waals surface area contributed by atoms with Crippen molar-refractivity contribution in [2.45, 2.75) is 114 Å². The van der Waals surface area contributed by atoms with Crippen molar-refractivity contribution in [2.75, 3.05) is 20.2 Å². The molecule has 4 atom stereocenters. The summed E-state index contributed by atoms with van der Waals surface area (Å²) in [5.74, 6) is 1.91. The van der Waals surface area contributed by atoms with E-state index < -0.39 is 18.2 Å². The molecule has 9 rings (SSSR count). The molecule has 4 fully saturated rings. The van der Waals surface area contributed by atoms with Crippen LogP contribution in [0.4, 0.5) is 4.79 Å². The van der Waals surface area contributed by atoms with Gasteiger partial charge in [0.05, 0.1) is 42.6 Å². The van der Waals surface area contributed by atoms with E-state index in [-0.39, 0.29) is 35.7 Å². The number of imidazole rings is 2. The zero-order chi connectivity index (χ0) is 39.8. The van der Waals surface area contributed by atoms with Crippen molar-refractivity contribution in [3.05, 3.63) is 66.5 Å². The Labute approximate surface area is 338 Å².